The summed E-state index contributed by atoms with van der Waals surface area (Å²) >= 11 is 0. The zero-order valence-corrected chi connectivity index (χ0v) is 12.6. The number of aryl methyl sites for hydroxylation is 2. The number of hydrogen-bond donors (Lipinski definition) is 1. The molecule has 0 aliphatic carbocycles. The van der Waals surface area contributed by atoms with Crippen LogP contribution in [0.15, 0.2) is 30.7 Å². The van der Waals surface area contributed by atoms with E-state index < -0.39 is 0 Å². The first-order valence-electron chi connectivity index (χ1n) is 7.56. The Balaban J connectivity index is 1.69. The van der Waals surface area contributed by atoms with Gasteiger partial charge in [-0.2, -0.15) is 0 Å². The lowest BCUT2D eigenvalue weighted by Crippen LogP contribution is -2.32. The van der Waals surface area contributed by atoms with Crippen LogP contribution in [-0.2, 0) is 17.8 Å². The fourth-order valence-corrected chi connectivity index (χ4v) is 2.84. The average Bonchev–Trinajstić information content (AvgIpc) is 3.14. The Bertz CT molecular complexity index is 595. The monoisotopic (exact) mass is 286 g/mol. The summed E-state index contributed by atoms with van der Waals surface area (Å²) in [5.74, 6) is 1.02. The van der Waals surface area contributed by atoms with Gasteiger partial charge >= 0.3 is 0 Å². The summed E-state index contributed by atoms with van der Waals surface area (Å²) in [7, 11) is 0. The maximum atomic E-state index is 5.91. The first kappa shape index (κ1) is 14.2. The van der Waals surface area contributed by atoms with Crippen molar-refractivity contribution in [1.29, 1.82) is 0 Å². The third-order valence-corrected chi connectivity index (χ3v) is 4.11. The quantitative estimate of drug-likeness (QED) is 0.915. The lowest BCUT2D eigenvalue weighted by molar-refractivity contribution is 0.0886. The van der Waals surface area contributed by atoms with E-state index in [-0.39, 0.29) is 6.10 Å². The molecule has 1 N–H and O–H groups in total. The highest BCUT2D eigenvalue weighted by atomic mass is 16.5. The van der Waals surface area contributed by atoms with Gasteiger partial charge in [0.2, 0.25) is 0 Å². The first-order valence-corrected chi connectivity index (χ1v) is 7.56. The van der Waals surface area contributed by atoms with Crippen LogP contribution in [0.1, 0.15) is 36.5 Å². The molecule has 0 amide bonds. The number of rotatable bonds is 5. The van der Waals surface area contributed by atoms with Crippen LogP contribution >= 0.6 is 0 Å². The minimum absolute atomic E-state index is 0.0388. The molecule has 21 heavy (non-hydrogen) atoms. The van der Waals surface area contributed by atoms with Gasteiger partial charge in [0, 0.05) is 50.0 Å². The summed E-state index contributed by atoms with van der Waals surface area (Å²) in [5, 5.41) is 3.61. The summed E-state index contributed by atoms with van der Waals surface area (Å²) in [6.07, 6.45) is 6.75. The summed E-state index contributed by atoms with van der Waals surface area (Å²) in [4.78, 5) is 8.81. The lowest BCUT2D eigenvalue weighted by atomic mass is 10.1. The van der Waals surface area contributed by atoms with Crippen molar-refractivity contribution in [1.82, 2.24) is 19.9 Å². The Morgan fingerprint density at radius 3 is 3.10 bits per heavy atom. The molecule has 0 unspecified atom stereocenters. The number of aromatic nitrogens is 3. The zero-order valence-electron chi connectivity index (χ0n) is 12.6. The molecule has 1 aliphatic heterocycles. The van der Waals surface area contributed by atoms with Crippen molar-refractivity contribution >= 4 is 0 Å². The molecule has 3 heterocycles. The van der Waals surface area contributed by atoms with Crippen LogP contribution in [0.4, 0.5) is 0 Å². The number of nitrogens with zero attached hydrogens (tertiary/aromatic N) is 3. The Morgan fingerprint density at radius 2 is 2.29 bits per heavy atom. The van der Waals surface area contributed by atoms with E-state index in [2.05, 4.69) is 32.8 Å². The van der Waals surface area contributed by atoms with Gasteiger partial charge in [0.05, 0.1) is 0 Å². The van der Waals surface area contributed by atoms with Crippen molar-refractivity contribution in [2.24, 2.45) is 0 Å². The van der Waals surface area contributed by atoms with E-state index in [1.165, 1.54) is 5.56 Å². The third-order valence-electron chi connectivity index (χ3n) is 4.11. The second kappa shape index (κ2) is 6.37. The van der Waals surface area contributed by atoms with E-state index in [9.17, 15) is 0 Å². The smallest absolute Gasteiger partial charge is 0.139 e. The molecule has 0 aromatic carbocycles. The van der Waals surface area contributed by atoms with Gasteiger partial charge in [0.15, 0.2) is 0 Å². The highest BCUT2D eigenvalue weighted by Gasteiger charge is 2.32. The standard InChI is InChI=1S/C16H22N4O/c1-3-20-9-8-18-16(20)15-14(6-10-21-15)19-11-13-5-4-7-17-12(13)2/h4-5,7-9,14-15,19H,3,6,10-11H2,1-2H3/t14-,15-/m0/s1. The van der Waals surface area contributed by atoms with Gasteiger partial charge in [0.25, 0.3) is 0 Å². The third kappa shape index (κ3) is 2.99. The highest BCUT2D eigenvalue weighted by molar-refractivity contribution is 5.18. The molecule has 112 valence electrons. The molecule has 5 heteroatoms. The van der Waals surface area contributed by atoms with E-state index in [1.807, 2.05) is 31.6 Å². The number of pyridine rings is 1. The molecule has 0 spiro atoms. The SMILES string of the molecule is CCn1ccnc1[C@H]1OCC[C@@H]1NCc1cccnc1C. The van der Waals surface area contributed by atoms with Crippen molar-refractivity contribution in [2.45, 2.75) is 45.5 Å². The number of nitrogens with one attached hydrogen (secondary N) is 1. The summed E-state index contributed by atoms with van der Waals surface area (Å²) in [6.45, 7) is 6.69. The minimum Gasteiger partial charge on any atom is -0.369 e. The van der Waals surface area contributed by atoms with E-state index in [1.54, 1.807) is 0 Å². The fraction of sp³-hybridized carbons (Fsp3) is 0.500. The van der Waals surface area contributed by atoms with Crippen molar-refractivity contribution in [2.75, 3.05) is 6.61 Å². The van der Waals surface area contributed by atoms with Gasteiger partial charge in [-0.1, -0.05) is 6.07 Å². The fourth-order valence-electron chi connectivity index (χ4n) is 2.84. The molecular weight excluding hydrogens is 264 g/mol. The summed E-state index contributed by atoms with van der Waals surface area (Å²) in [5.41, 5.74) is 2.32. The normalized spacial score (nSPS) is 21.8. The maximum Gasteiger partial charge on any atom is 0.139 e. The van der Waals surface area contributed by atoms with Crippen LogP contribution in [0.2, 0.25) is 0 Å². The van der Waals surface area contributed by atoms with E-state index in [0.29, 0.717) is 6.04 Å². The highest BCUT2D eigenvalue weighted by Crippen LogP contribution is 2.28. The van der Waals surface area contributed by atoms with E-state index in [0.717, 1.165) is 37.6 Å². The summed E-state index contributed by atoms with van der Waals surface area (Å²) in [6, 6.07) is 4.40. The second-order valence-corrected chi connectivity index (χ2v) is 5.39. The predicted octanol–water partition coefficient (Wildman–Crippen LogP) is 2.23. The minimum atomic E-state index is 0.0388. The van der Waals surface area contributed by atoms with Crippen LogP contribution < -0.4 is 5.32 Å². The largest absolute Gasteiger partial charge is 0.369 e. The Kier molecular flexibility index (Phi) is 4.31. The summed E-state index contributed by atoms with van der Waals surface area (Å²) < 4.78 is 8.06. The molecule has 3 rings (SSSR count). The Morgan fingerprint density at radius 1 is 1.38 bits per heavy atom. The molecule has 0 saturated carbocycles. The molecule has 0 radical (unpaired) electrons. The molecule has 1 fully saturated rings. The maximum absolute atomic E-state index is 5.91. The van der Waals surface area contributed by atoms with Crippen molar-refractivity contribution < 1.29 is 4.74 Å². The van der Waals surface area contributed by atoms with Crippen molar-refractivity contribution in [3.8, 4) is 0 Å². The number of hydrogen-bond acceptors (Lipinski definition) is 4. The number of ether oxygens (including phenoxy) is 1. The molecule has 1 saturated heterocycles. The molecular formula is C16H22N4O. The van der Waals surface area contributed by atoms with E-state index >= 15 is 0 Å². The van der Waals surface area contributed by atoms with Crippen LogP contribution in [0, 0.1) is 6.92 Å². The first-order chi connectivity index (χ1) is 10.3. The predicted molar refractivity (Wildman–Crippen MR) is 80.8 cm³/mol. The van der Waals surface area contributed by atoms with Crippen LogP contribution in [0.5, 0.6) is 0 Å². The van der Waals surface area contributed by atoms with Gasteiger partial charge in [-0.15, -0.1) is 0 Å². The molecule has 0 bridgehead atoms. The zero-order chi connectivity index (χ0) is 14.7. The van der Waals surface area contributed by atoms with Gasteiger partial charge in [-0.05, 0) is 31.9 Å². The molecule has 5 nitrogen and oxygen atoms in total. The van der Waals surface area contributed by atoms with Crippen molar-refractivity contribution in [3.05, 3.63) is 47.8 Å². The Labute approximate surface area is 125 Å². The van der Waals surface area contributed by atoms with Gasteiger partial charge < -0.3 is 14.6 Å². The second-order valence-electron chi connectivity index (χ2n) is 5.39. The van der Waals surface area contributed by atoms with Gasteiger partial charge in [-0.25, -0.2) is 4.98 Å². The molecule has 1 aliphatic rings. The van der Waals surface area contributed by atoms with Crippen molar-refractivity contribution in [3.63, 3.8) is 0 Å². The van der Waals surface area contributed by atoms with Crippen LogP contribution in [0.25, 0.3) is 0 Å². The molecule has 2 aromatic heterocycles. The Hall–Kier alpha value is -1.72. The molecule has 2 aromatic rings. The van der Waals surface area contributed by atoms with Gasteiger partial charge in [-0.3, -0.25) is 4.98 Å². The topological polar surface area (TPSA) is 52.0 Å². The molecule has 2 atom stereocenters. The number of imidazole rings is 1. The average molecular weight is 286 g/mol. The van der Waals surface area contributed by atoms with Gasteiger partial charge in [0.1, 0.15) is 11.9 Å². The van der Waals surface area contributed by atoms with E-state index in [4.69, 9.17) is 4.74 Å². The lowest BCUT2D eigenvalue weighted by Gasteiger charge is -2.20. The van der Waals surface area contributed by atoms with Crippen LogP contribution in [0.3, 0.4) is 0 Å². The van der Waals surface area contributed by atoms with Crippen LogP contribution in [-0.4, -0.2) is 27.2 Å².